The number of halogens is 4. The Morgan fingerprint density at radius 1 is 1.21 bits per heavy atom. The van der Waals surface area contributed by atoms with Gasteiger partial charge in [0.2, 0.25) is 0 Å². The first-order valence-corrected chi connectivity index (χ1v) is 10.4. The van der Waals surface area contributed by atoms with E-state index in [0.29, 0.717) is 11.1 Å². The Morgan fingerprint density at radius 3 is 2.62 bits per heavy atom. The topological polar surface area (TPSA) is 76.9 Å². The molecule has 3 rings (SSSR count). The number of anilines is 1. The molecule has 0 saturated heterocycles. The van der Waals surface area contributed by atoms with Gasteiger partial charge in [-0.1, -0.05) is 31.0 Å². The molecule has 6 nitrogen and oxygen atoms in total. The number of alkyl halides is 3. The highest BCUT2D eigenvalue weighted by Gasteiger charge is 2.46. The molecule has 154 valence electrons. The van der Waals surface area contributed by atoms with E-state index in [1.54, 1.807) is 29.3 Å². The second-order valence-corrected chi connectivity index (χ2v) is 8.26. The van der Waals surface area contributed by atoms with Gasteiger partial charge >= 0.3 is 15.5 Å². The molecule has 0 amide bonds. The Morgan fingerprint density at radius 2 is 1.97 bits per heavy atom. The molecule has 0 aliphatic rings. The van der Waals surface area contributed by atoms with E-state index in [-0.39, 0.29) is 10.7 Å². The molecule has 11 heteroatoms. The van der Waals surface area contributed by atoms with E-state index < -0.39 is 15.5 Å². The minimum absolute atomic E-state index is 0.0772. The molecule has 0 aliphatic heterocycles. The van der Waals surface area contributed by atoms with Gasteiger partial charge in [0.25, 0.3) is 0 Å². The van der Waals surface area contributed by atoms with E-state index in [1.807, 2.05) is 6.07 Å². The standard InChI is InChI=1S/C18H16ClF3N4O2S/c1-2-3-13-8-15(6-7-23-13)26-11-12(10-24-26)16-5-4-14(9-17(16)19)25-29(27,28)18(20,21)22/h4-11,25H,2-3H2,1H3. The van der Waals surface area contributed by atoms with E-state index >= 15 is 0 Å². The van der Waals surface area contributed by atoms with Crippen LogP contribution in [0.5, 0.6) is 0 Å². The molecule has 0 radical (unpaired) electrons. The molecule has 1 N–H and O–H groups in total. The summed E-state index contributed by atoms with van der Waals surface area (Å²) < 4.78 is 63.1. The summed E-state index contributed by atoms with van der Waals surface area (Å²) in [5, 5.41) is 4.37. The van der Waals surface area contributed by atoms with Gasteiger partial charge in [-0.3, -0.25) is 9.71 Å². The monoisotopic (exact) mass is 444 g/mol. The number of aryl methyl sites for hydroxylation is 1. The van der Waals surface area contributed by atoms with Crippen molar-refractivity contribution in [3.8, 4) is 16.8 Å². The predicted molar refractivity (Wildman–Crippen MR) is 104 cm³/mol. The summed E-state index contributed by atoms with van der Waals surface area (Å²) in [5.74, 6) is 0. The molecule has 2 aromatic heterocycles. The van der Waals surface area contributed by atoms with Gasteiger partial charge in [0, 0.05) is 29.2 Å². The number of benzene rings is 1. The summed E-state index contributed by atoms with van der Waals surface area (Å²) in [7, 11) is -5.52. The lowest BCUT2D eigenvalue weighted by Crippen LogP contribution is -2.29. The van der Waals surface area contributed by atoms with Gasteiger partial charge < -0.3 is 0 Å². The van der Waals surface area contributed by atoms with Gasteiger partial charge in [-0.2, -0.15) is 26.7 Å². The first kappa shape index (κ1) is 21.1. The van der Waals surface area contributed by atoms with Crippen LogP contribution in [0.1, 0.15) is 19.0 Å². The van der Waals surface area contributed by atoms with E-state index in [9.17, 15) is 21.6 Å². The fourth-order valence-corrected chi connectivity index (χ4v) is 3.47. The van der Waals surface area contributed by atoms with Crippen molar-refractivity contribution in [1.29, 1.82) is 0 Å². The summed E-state index contributed by atoms with van der Waals surface area (Å²) in [6, 6.07) is 7.45. The lowest BCUT2D eigenvalue weighted by molar-refractivity contribution is -0.0429. The average Bonchev–Trinajstić information content (AvgIpc) is 3.11. The fraction of sp³-hybridized carbons (Fsp3) is 0.222. The quantitative estimate of drug-likeness (QED) is 0.592. The summed E-state index contributed by atoms with van der Waals surface area (Å²) in [6.07, 6.45) is 6.76. The third-order valence-corrected chi connectivity index (χ3v) is 5.42. The van der Waals surface area contributed by atoms with Crippen LogP contribution >= 0.6 is 11.6 Å². The van der Waals surface area contributed by atoms with Crippen LogP contribution in [-0.4, -0.2) is 28.7 Å². The molecular formula is C18H16ClF3N4O2S. The zero-order valence-corrected chi connectivity index (χ0v) is 16.7. The van der Waals surface area contributed by atoms with E-state index in [4.69, 9.17) is 11.6 Å². The largest absolute Gasteiger partial charge is 0.516 e. The Balaban J connectivity index is 1.86. The van der Waals surface area contributed by atoms with Gasteiger partial charge in [-0.15, -0.1) is 0 Å². The molecule has 2 heterocycles. The number of nitrogens with one attached hydrogen (secondary N) is 1. The van der Waals surface area contributed by atoms with Crippen LogP contribution in [0.25, 0.3) is 16.8 Å². The highest BCUT2D eigenvalue weighted by Crippen LogP contribution is 2.32. The van der Waals surface area contributed by atoms with Crippen molar-refractivity contribution in [2.75, 3.05) is 4.72 Å². The second-order valence-electron chi connectivity index (χ2n) is 6.17. The fourth-order valence-electron chi connectivity index (χ4n) is 2.63. The maximum Gasteiger partial charge on any atom is 0.516 e. The van der Waals surface area contributed by atoms with Gasteiger partial charge in [0.05, 0.1) is 22.6 Å². The van der Waals surface area contributed by atoms with Crippen LogP contribution < -0.4 is 4.72 Å². The molecule has 29 heavy (non-hydrogen) atoms. The second kappa shape index (κ2) is 8.03. The zero-order valence-electron chi connectivity index (χ0n) is 15.1. The maximum absolute atomic E-state index is 12.5. The molecule has 0 unspecified atom stereocenters. The van der Waals surface area contributed by atoms with E-state index in [2.05, 4.69) is 17.0 Å². The molecule has 3 aromatic rings. The minimum atomic E-state index is -5.52. The number of nitrogens with zero attached hydrogens (tertiary/aromatic N) is 3. The normalized spacial score (nSPS) is 12.2. The van der Waals surface area contributed by atoms with Crippen LogP contribution in [0.15, 0.2) is 48.9 Å². The minimum Gasteiger partial charge on any atom is -0.276 e. The molecule has 0 aliphatic carbocycles. The number of pyridine rings is 1. The SMILES string of the molecule is CCCc1cc(-n2cc(-c3ccc(NS(=O)(=O)C(F)(F)F)cc3Cl)cn2)ccn1. The first-order valence-electron chi connectivity index (χ1n) is 8.49. The molecular weight excluding hydrogens is 429 g/mol. The Hall–Kier alpha value is -2.59. The van der Waals surface area contributed by atoms with Gasteiger partial charge in [0.1, 0.15) is 0 Å². The van der Waals surface area contributed by atoms with E-state index in [1.165, 1.54) is 16.9 Å². The zero-order chi connectivity index (χ0) is 21.2. The Labute approximate surface area is 170 Å². The van der Waals surface area contributed by atoms with Crippen LogP contribution in [0.3, 0.4) is 0 Å². The smallest absolute Gasteiger partial charge is 0.276 e. The molecule has 0 spiro atoms. The molecule has 0 atom stereocenters. The van der Waals surface area contributed by atoms with Crippen molar-refractivity contribution in [3.63, 3.8) is 0 Å². The first-order chi connectivity index (χ1) is 13.6. The number of hydrogen-bond acceptors (Lipinski definition) is 4. The van der Waals surface area contributed by atoms with Gasteiger partial charge in [0.15, 0.2) is 0 Å². The summed E-state index contributed by atoms with van der Waals surface area (Å²) in [5.41, 5.74) is -2.85. The van der Waals surface area contributed by atoms with Crippen molar-refractivity contribution in [1.82, 2.24) is 14.8 Å². The maximum atomic E-state index is 12.5. The van der Waals surface area contributed by atoms with Crippen LogP contribution in [-0.2, 0) is 16.4 Å². The summed E-state index contributed by atoms with van der Waals surface area (Å²) in [6.45, 7) is 2.06. The van der Waals surface area contributed by atoms with Crippen LogP contribution in [0.4, 0.5) is 18.9 Å². The summed E-state index contributed by atoms with van der Waals surface area (Å²) >= 11 is 6.17. The molecule has 1 aromatic carbocycles. The lowest BCUT2D eigenvalue weighted by Gasteiger charge is -2.11. The third kappa shape index (κ3) is 4.70. The van der Waals surface area contributed by atoms with Crippen LogP contribution in [0.2, 0.25) is 5.02 Å². The highest BCUT2D eigenvalue weighted by atomic mass is 35.5. The molecule has 0 bridgehead atoms. The Bertz CT molecular complexity index is 1130. The van der Waals surface area contributed by atoms with Crippen molar-refractivity contribution >= 4 is 27.3 Å². The summed E-state index contributed by atoms with van der Waals surface area (Å²) in [4.78, 5) is 4.29. The lowest BCUT2D eigenvalue weighted by atomic mass is 10.1. The van der Waals surface area contributed by atoms with E-state index in [0.717, 1.165) is 30.3 Å². The van der Waals surface area contributed by atoms with Crippen molar-refractivity contribution in [2.24, 2.45) is 0 Å². The van der Waals surface area contributed by atoms with Crippen molar-refractivity contribution in [3.05, 3.63) is 59.6 Å². The predicted octanol–water partition coefficient (Wildman–Crippen LogP) is 4.80. The number of rotatable bonds is 6. The van der Waals surface area contributed by atoms with Crippen molar-refractivity contribution < 1.29 is 21.6 Å². The third-order valence-electron chi connectivity index (χ3n) is 3.99. The number of hydrogen-bond donors (Lipinski definition) is 1. The van der Waals surface area contributed by atoms with Crippen LogP contribution in [0, 0.1) is 0 Å². The molecule has 0 fully saturated rings. The van der Waals surface area contributed by atoms with Gasteiger partial charge in [-0.25, -0.2) is 4.68 Å². The number of aromatic nitrogens is 3. The van der Waals surface area contributed by atoms with Crippen molar-refractivity contribution in [2.45, 2.75) is 25.3 Å². The molecule has 0 saturated carbocycles. The average molecular weight is 445 g/mol. The highest BCUT2D eigenvalue weighted by molar-refractivity contribution is 7.93. The Kier molecular flexibility index (Phi) is 5.85. The number of sulfonamides is 1. The van der Waals surface area contributed by atoms with Gasteiger partial charge in [-0.05, 0) is 30.7 Å².